The lowest BCUT2D eigenvalue weighted by Gasteiger charge is -2.57. The van der Waals surface area contributed by atoms with E-state index in [0.29, 0.717) is 5.41 Å². The van der Waals surface area contributed by atoms with Crippen molar-refractivity contribution in [3.63, 3.8) is 0 Å². The molecule has 1 atom stereocenters. The minimum Gasteiger partial charge on any atom is -0.327 e. The monoisotopic (exact) mass is 304 g/mol. The third kappa shape index (κ3) is 2.73. The zero-order valence-electron chi connectivity index (χ0n) is 12.6. The predicted octanol–water partition coefficient (Wildman–Crippen LogP) is 4.21. The van der Waals surface area contributed by atoms with Crippen LogP contribution in [0.4, 0.5) is 0 Å². The lowest BCUT2D eigenvalue weighted by atomic mass is 9.48. The molecule has 1 unspecified atom stereocenters. The highest BCUT2D eigenvalue weighted by Crippen LogP contribution is 2.61. The second kappa shape index (κ2) is 5.24. The molecule has 0 radical (unpaired) electrons. The van der Waals surface area contributed by atoms with Crippen LogP contribution in [0.15, 0.2) is 18.5 Å². The Hall–Kier alpha value is -0.600. The fraction of sp³-hybridized carbons (Fsp3) is 0.722. The quantitative estimate of drug-likeness (QED) is 0.905. The fourth-order valence-electron chi connectivity index (χ4n) is 6.02. The number of pyridine rings is 1. The normalized spacial score (nSPS) is 38.7. The molecule has 5 rings (SSSR count). The summed E-state index contributed by atoms with van der Waals surface area (Å²) >= 11 is 6.23. The molecular formula is C18H25ClN2. The van der Waals surface area contributed by atoms with E-state index in [1.165, 1.54) is 44.9 Å². The molecule has 0 amide bonds. The zero-order valence-corrected chi connectivity index (χ0v) is 13.4. The van der Waals surface area contributed by atoms with E-state index >= 15 is 0 Å². The van der Waals surface area contributed by atoms with Crippen molar-refractivity contribution in [2.24, 2.45) is 28.9 Å². The molecule has 3 heteroatoms. The van der Waals surface area contributed by atoms with Gasteiger partial charge in [-0.05, 0) is 86.2 Å². The largest absolute Gasteiger partial charge is 0.327 e. The Bertz CT molecular complexity index is 492. The average molecular weight is 305 g/mol. The maximum absolute atomic E-state index is 6.52. The van der Waals surface area contributed by atoms with E-state index in [1.807, 2.05) is 12.3 Å². The number of aromatic nitrogens is 1. The van der Waals surface area contributed by atoms with Gasteiger partial charge in [0.1, 0.15) is 0 Å². The van der Waals surface area contributed by atoms with Crippen molar-refractivity contribution in [1.29, 1.82) is 0 Å². The van der Waals surface area contributed by atoms with Crippen molar-refractivity contribution in [1.82, 2.24) is 4.98 Å². The van der Waals surface area contributed by atoms with Crippen LogP contribution in [0, 0.1) is 23.2 Å². The van der Waals surface area contributed by atoms with Gasteiger partial charge in [-0.1, -0.05) is 11.6 Å². The molecule has 2 N–H and O–H groups in total. The van der Waals surface area contributed by atoms with E-state index in [2.05, 4.69) is 4.98 Å². The molecule has 0 aromatic carbocycles. The molecule has 0 spiro atoms. The first-order valence-corrected chi connectivity index (χ1v) is 8.84. The minimum atomic E-state index is 0.237. The summed E-state index contributed by atoms with van der Waals surface area (Å²) in [6.45, 7) is 0. The van der Waals surface area contributed by atoms with Gasteiger partial charge in [0.25, 0.3) is 0 Å². The average Bonchev–Trinajstić information content (AvgIpc) is 2.39. The van der Waals surface area contributed by atoms with Gasteiger partial charge >= 0.3 is 0 Å². The molecule has 0 saturated heterocycles. The van der Waals surface area contributed by atoms with Crippen molar-refractivity contribution in [2.45, 2.75) is 57.4 Å². The van der Waals surface area contributed by atoms with Crippen LogP contribution in [0.3, 0.4) is 0 Å². The van der Waals surface area contributed by atoms with Crippen LogP contribution in [0.5, 0.6) is 0 Å². The van der Waals surface area contributed by atoms with Gasteiger partial charge in [-0.15, -0.1) is 0 Å². The van der Waals surface area contributed by atoms with E-state index in [0.717, 1.165) is 34.8 Å². The molecule has 4 fully saturated rings. The Morgan fingerprint density at radius 3 is 2.38 bits per heavy atom. The Morgan fingerprint density at radius 1 is 1.19 bits per heavy atom. The topological polar surface area (TPSA) is 38.9 Å². The van der Waals surface area contributed by atoms with Crippen molar-refractivity contribution < 1.29 is 0 Å². The van der Waals surface area contributed by atoms with Crippen molar-refractivity contribution in [3.8, 4) is 0 Å². The van der Waals surface area contributed by atoms with E-state index in [-0.39, 0.29) is 6.04 Å². The summed E-state index contributed by atoms with van der Waals surface area (Å²) in [6.07, 6.45) is 14.5. The van der Waals surface area contributed by atoms with Gasteiger partial charge in [0.05, 0.1) is 5.02 Å². The number of hydrogen-bond donors (Lipinski definition) is 1. The van der Waals surface area contributed by atoms with Crippen molar-refractivity contribution in [2.75, 3.05) is 0 Å². The maximum atomic E-state index is 6.52. The van der Waals surface area contributed by atoms with E-state index < -0.39 is 0 Å². The summed E-state index contributed by atoms with van der Waals surface area (Å²) < 4.78 is 0. The Labute approximate surface area is 132 Å². The van der Waals surface area contributed by atoms with Crippen molar-refractivity contribution >= 4 is 11.6 Å². The molecule has 2 nitrogen and oxygen atoms in total. The lowest BCUT2D eigenvalue weighted by Crippen LogP contribution is -2.48. The number of halogens is 1. The molecule has 114 valence electrons. The van der Waals surface area contributed by atoms with Gasteiger partial charge in [-0.2, -0.15) is 0 Å². The van der Waals surface area contributed by atoms with Crippen LogP contribution >= 0.6 is 11.6 Å². The highest BCUT2D eigenvalue weighted by Gasteiger charge is 2.50. The molecule has 1 aromatic heterocycles. The highest BCUT2D eigenvalue weighted by molar-refractivity contribution is 6.31. The van der Waals surface area contributed by atoms with Crippen LogP contribution in [-0.2, 0) is 6.42 Å². The zero-order chi connectivity index (χ0) is 14.4. The van der Waals surface area contributed by atoms with Gasteiger partial charge in [0.2, 0.25) is 0 Å². The summed E-state index contributed by atoms with van der Waals surface area (Å²) in [5, 5.41) is 0.762. The number of nitrogens with zero attached hydrogens (tertiary/aromatic N) is 1. The third-order valence-corrected chi connectivity index (χ3v) is 6.54. The van der Waals surface area contributed by atoms with Gasteiger partial charge in [0, 0.05) is 18.4 Å². The summed E-state index contributed by atoms with van der Waals surface area (Å²) in [5.74, 6) is 3.02. The summed E-state index contributed by atoms with van der Waals surface area (Å²) in [4.78, 5) is 4.06. The first kappa shape index (κ1) is 14.0. The second-order valence-corrected chi connectivity index (χ2v) is 8.46. The summed E-state index contributed by atoms with van der Waals surface area (Å²) in [7, 11) is 0. The first-order valence-electron chi connectivity index (χ1n) is 8.46. The van der Waals surface area contributed by atoms with Crippen LogP contribution in [0.25, 0.3) is 0 Å². The molecule has 0 aliphatic heterocycles. The van der Waals surface area contributed by atoms with Crippen LogP contribution < -0.4 is 5.73 Å². The molecular weight excluding hydrogens is 280 g/mol. The SMILES string of the molecule is NC(Cc1ccncc1Cl)CC12CC3CC(CC(C3)C1)C2. The van der Waals surface area contributed by atoms with Crippen molar-refractivity contribution in [3.05, 3.63) is 29.0 Å². The second-order valence-electron chi connectivity index (χ2n) is 8.05. The Kier molecular flexibility index (Phi) is 3.50. The lowest BCUT2D eigenvalue weighted by molar-refractivity contribution is -0.0602. The first-order chi connectivity index (χ1) is 10.1. The maximum Gasteiger partial charge on any atom is 0.0621 e. The third-order valence-electron chi connectivity index (χ3n) is 6.20. The molecule has 4 aliphatic carbocycles. The molecule has 1 heterocycles. The summed E-state index contributed by atoms with van der Waals surface area (Å²) in [5.41, 5.74) is 8.24. The standard InChI is InChI=1S/C18H25ClN2/c19-17-11-21-2-1-15(17)6-16(20)10-18-7-12-3-13(8-18)5-14(4-12)9-18/h1-2,11-14,16H,3-10,20H2. The molecule has 4 aliphatic rings. The minimum absolute atomic E-state index is 0.237. The molecule has 4 bridgehead atoms. The van der Waals surface area contributed by atoms with Crippen LogP contribution in [-0.4, -0.2) is 11.0 Å². The fourth-order valence-corrected chi connectivity index (χ4v) is 6.22. The van der Waals surface area contributed by atoms with Gasteiger partial charge in [-0.3, -0.25) is 4.98 Å². The van der Waals surface area contributed by atoms with Crippen LogP contribution in [0.2, 0.25) is 5.02 Å². The Balaban J connectivity index is 1.45. The van der Waals surface area contributed by atoms with Gasteiger partial charge < -0.3 is 5.73 Å². The van der Waals surface area contributed by atoms with Crippen LogP contribution in [0.1, 0.15) is 50.5 Å². The number of hydrogen-bond acceptors (Lipinski definition) is 2. The molecule has 4 saturated carbocycles. The van der Waals surface area contributed by atoms with Gasteiger partial charge in [-0.25, -0.2) is 0 Å². The Morgan fingerprint density at radius 2 is 1.81 bits per heavy atom. The number of nitrogens with two attached hydrogens (primary N) is 1. The predicted molar refractivity (Wildman–Crippen MR) is 86.1 cm³/mol. The molecule has 1 aromatic rings. The number of rotatable bonds is 4. The van der Waals surface area contributed by atoms with E-state index in [9.17, 15) is 0 Å². The molecule has 21 heavy (non-hydrogen) atoms. The van der Waals surface area contributed by atoms with Gasteiger partial charge in [0.15, 0.2) is 0 Å². The van der Waals surface area contributed by atoms with E-state index in [1.54, 1.807) is 6.20 Å². The highest BCUT2D eigenvalue weighted by atomic mass is 35.5. The van der Waals surface area contributed by atoms with E-state index in [4.69, 9.17) is 17.3 Å². The smallest absolute Gasteiger partial charge is 0.0621 e. The summed E-state index contributed by atoms with van der Waals surface area (Å²) in [6, 6.07) is 2.25.